The Balaban J connectivity index is 1.57. The fraction of sp³-hybridized carbons (Fsp3) is 0.190. The van der Waals surface area contributed by atoms with Crippen LogP contribution in [0.2, 0.25) is 0 Å². The molecular formula is C21H12F6N6O3. The van der Waals surface area contributed by atoms with E-state index in [0.29, 0.717) is 28.3 Å². The average molecular weight is 510 g/mol. The molecule has 2 aliphatic heterocycles. The SMILES string of the molecule is O=C=C1Nc2ccc(-n3ncc(C(=O)Nc4ccnc(C(F)(F)F)c4)c3C(F)(F)F)c3c2N1CCO3. The Morgan fingerprint density at radius 3 is 2.61 bits per heavy atom. The molecule has 0 aliphatic carbocycles. The molecular weight excluding hydrogens is 498 g/mol. The quantitative estimate of drug-likeness (QED) is 0.408. The maximum Gasteiger partial charge on any atom is 0.434 e. The van der Waals surface area contributed by atoms with E-state index in [0.717, 1.165) is 12.3 Å². The molecule has 9 nitrogen and oxygen atoms in total. The zero-order valence-electron chi connectivity index (χ0n) is 17.7. The van der Waals surface area contributed by atoms with Gasteiger partial charge in [-0.3, -0.25) is 9.78 Å². The summed E-state index contributed by atoms with van der Waals surface area (Å²) in [4.78, 5) is 28.6. The van der Waals surface area contributed by atoms with Crippen LogP contribution in [-0.4, -0.2) is 39.8 Å². The first-order chi connectivity index (χ1) is 17.0. The monoisotopic (exact) mass is 510 g/mol. The maximum atomic E-state index is 14.1. The summed E-state index contributed by atoms with van der Waals surface area (Å²) in [7, 11) is 0. The van der Waals surface area contributed by atoms with Crippen molar-refractivity contribution in [2.75, 3.05) is 28.7 Å². The molecule has 1 amide bonds. The second-order valence-corrected chi connectivity index (χ2v) is 7.58. The van der Waals surface area contributed by atoms with Crippen molar-refractivity contribution in [3.05, 3.63) is 59.4 Å². The van der Waals surface area contributed by atoms with E-state index >= 15 is 0 Å². The molecule has 0 spiro atoms. The maximum absolute atomic E-state index is 14.1. The highest BCUT2D eigenvalue weighted by molar-refractivity contribution is 6.05. The van der Waals surface area contributed by atoms with Crippen LogP contribution in [0.5, 0.6) is 5.75 Å². The van der Waals surface area contributed by atoms with Gasteiger partial charge in [0, 0.05) is 11.9 Å². The molecule has 0 bridgehead atoms. The van der Waals surface area contributed by atoms with E-state index < -0.39 is 40.9 Å². The van der Waals surface area contributed by atoms with Crippen LogP contribution in [-0.2, 0) is 17.1 Å². The summed E-state index contributed by atoms with van der Waals surface area (Å²) in [5.41, 5.74) is -3.59. The fourth-order valence-electron chi connectivity index (χ4n) is 3.92. The molecule has 0 atom stereocenters. The summed E-state index contributed by atoms with van der Waals surface area (Å²) in [6.07, 6.45) is -8.50. The predicted octanol–water partition coefficient (Wildman–Crippen LogP) is 3.85. The minimum absolute atomic E-state index is 0.0130. The van der Waals surface area contributed by atoms with Crippen molar-refractivity contribution in [2.24, 2.45) is 0 Å². The third kappa shape index (κ3) is 3.79. The Morgan fingerprint density at radius 1 is 1.14 bits per heavy atom. The van der Waals surface area contributed by atoms with Crippen molar-refractivity contribution in [2.45, 2.75) is 12.4 Å². The normalized spacial score (nSPS) is 14.6. The average Bonchev–Trinajstić information content (AvgIpc) is 3.42. The number of nitrogens with zero attached hydrogens (tertiary/aromatic N) is 4. The lowest BCUT2D eigenvalue weighted by Crippen LogP contribution is -2.31. The molecule has 0 unspecified atom stereocenters. The Bertz CT molecular complexity index is 1440. The van der Waals surface area contributed by atoms with Crippen molar-refractivity contribution in [1.29, 1.82) is 0 Å². The zero-order valence-corrected chi connectivity index (χ0v) is 17.7. The molecule has 0 saturated carbocycles. The smallest absolute Gasteiger partial charge is 0.434 e. The van der Waals surface area contributed by atoms with Crippen LogP contribution in [0, 0.1) is 0 Å². The van der Waals surface area contributed by atoms with Gasteiger partial charge in [-0.1, -0.05) is 0 Å². The molecule has 0 saturated heterocycles. The predicted molar refractivity (Wildman–Crippen MR) is 111 cm³/mol. The number of pyridine rings is 1. The van der Waals surface area contributed by atoms with Gasteiger partial charge < -0.3 is 20.3 Å². The first-order valence-electron chi connectivity index (χ1n) is 10.1. The molecule has 186 valence electrons. The Morgan fingerprint density at radius 2 is 1.92 bits per heavy atom. The number of halogens is 6. The van der Waals surface area contributed by atoms with Crippen molar-refractivity contribution >= 4 is 28.9 Å². The Hall–Kier alpha value is -4.52. The molecule has 2 aliphatic rings. The van der Waals surface area contributed by atoms with Crippen molar-refractivity contribution < 1.29 is 40.7 Å². The van der Waals surface area contributed by atoms with E-state index in [1.54, 1.807) is 5.94 Å². The summed E-state index contributed by atoms with van der Waals surface area (Å²) < 4.78 is 87.2. The molecule has 2 aromatic heterocycles. The summed E-state index contributed by atoms with van der Waals surface area (Å²) in [6, 6.07) is 4.18. The zero-order chi connectivity index (χ0) is 25.8. The first kappa shape index (κ1) is 23.2. The molecule has 36 heavy (non-hydrogen) atoms. The van der Waals surface area contributed by atoms with E-state index in [-0.39, 0.29) is 30.4 Å². The number of hydrogen-bond acceptors (Lipinski definition) is 7. The number of carbonyl (C=O) groups excluding carboxylic acids is 2. The standard InChI is InChI=1S/C21H12F6N6O3/c22-20(23,24)14-7-10(3-4-28-14)30-19(35)11-8-29-33(18(11)21(25,26)27)13-2-1-12-16-17(13)36-6-5-32(16)15(9-34)31-12/h1-4,7-8,31H,5-6H2,(H,28,30,35). The van der Waals surface area contributed by atoms with E-state index in [1.165, 1.54) is 17.0 Å². The van der Waals surface area contributed by atoms with Gasteiger partial charge in [0.25, 0.3) is 5.91 Å². The van der Waals surface area contributed by atoms with E-state index in [4.69, 9.17) is 4.74 Å². The van der Waals surface area contributed by atoms with Crippen molar-refractivity contribution in [1.82, 2.24) is 14.8 Å². The number of nitrogens with one attached hydrogen (secondary N) is 2. The molecule has 0 fully saturated rings. The number of carbonyl (C=O) groups is 1. The van der Waals surface area contributed by atoms with Crippen LogP contribution in [0.4, 0.5) is 43.4 Å². The van der Waals surface area contributed by atoms with Crippen LogP contribution in [0.15, 0.2) is 42.5 Å². The number of anilines is 3. The minimum Gasteiger partial charge on any atom is -0.487 e. The van der Waals surface area contributed by atoms with Gasteiger partial charge >= 0.3 is 12.4 Å². The second-order valence-electron chi connectivity index (χ2n) is 7.58. The number of aromatic nitrogens is 3. The highest BCUT2D eigenvalue weighted by atomic mass is 19.4. The van der Waals surface area contributed by atoms with Gasteiger partial charge in [0.1, 0.15) is 23.7 Å². The lowest BCUT2D eigenvalue weighted by Gasteiger charge is -2.27. The Kier molecular flexibility index (Phi) is 5.17. The van der Waals surface area contributed by atoms with Crippen molar-refractivity contribution in [3.63, 3.8) is 0 Å². The number of ether oxygens (including phenoxy) is 1. The van der Waals surface area contributed by atoms with E-state index in [9.17, 15) is 35.9 Å². The molecule has 15 heteroatoms. The highest BCUT2D eigenvalue weighted by Gasteiger charge is 2.42. The lowest BCUT2D eigenvalue weighted by molar-refractivity contribution is -0.143. The van der Waals surface area contributed by atoms with Gasteiger partial charge in [-0.2, -0.15) is 31.4 Å². The molecule has 0 radical (unpaired) electrons. The molecule has 4 heterocycles. The third-order valence-electron chi connectivity index (χ3n) is 5.38. The summed E-state index contributed by atoms with van der Waals surface area (Å²) in [5, 5.41) is 8.55. The van der Waals surface area contributed by atoms with E-state index in [2.05, 4.69) is 15.4 Å². The lowest BCUT2D eigenvalue weighted by atomic mass is 10.1. The van der Waals surface area contributed by atoms with Crippen molar-refractivity contribution in [3.8, 4) is 11.4 Å². The van der Waals surface area contributed by atoms with Crippen LogP contribution < -0.4 is 20.3 Å². The third-order valence-corrected chi connectivity index (χ3v) is 5.38. The molecule has 3 aromatic rings. The summed E-state index contributed by atoms with van der Waals surface area (Å²) in [6.45, 7) is 0.279. The first-order valence-corrected chi connectivity index (χ1v) is 10.1. The van der Waals surface area contributed by atoms with Crippen LogP contribution in [0.3, 0.4) is 0 Å². The van der Waals surface area contributed by atoms with Gasteiger partial charge in [-0.15, -0.1) is 0 Å². The topological polar surface area (TPSA) is 101 Å². The van der Waals surface area contributed by atoms with Gasteiger partial charge in [0.2, 0.25) is 0 Å². The summed E-state index contributed by atoms with van der Waals surface area (Å²) in [5.74, 6) is 0.439. The minimum atomic E-state index is -5.09. The number of benzene rings is 1. The largest absolute Gasteiger partial charge is 0.487 e. The van der Waals surface area contributed by atoms with Crippen LogP contribution in [0.1, 0.15) is 21.7 Å². The van der Waals surface area contributed by atoms with E-state index in [1.807, 2.05) is 5.32 Å². The Labute approximate surface area is 197 Å². The number of amides is 1. The fourth-order valence-corrected chi connectivity index (χ4v) is 3.92. The van der Waals surface area contributed by atoms with Gasteiger partial charge in [0.15, 0.2) is 23.2 Å². The van der Waals surface area contributed by atoms with Gasteiger partial charge in [0.05, 0.1) is 24.0 Å². The summed E-state index contributed by atoms with van der Waals surface area (Å²) >= 11 is 0. The second kappa shape index (κ2) is 8.02. The highest BCUT2D eigenvalue weighted by Crippen LogP contribution is 2.49. The number of hydrogen-bond donors (Lipinski definition) is 2. The van der Waals surface area contributed by atoms with Crippen LogP contribution in [0.25, 0.3) is 5.69 Å². The van der Waals surface area contributed by atoms with Gasteiger partial charge in [-0.05, 0) is 24.3 Å². The molecule has 1 aromatic carbocycles. The number of alkyl halides is 6. The van der Waals surface area contributed by atoms with Gasteiger partial charge in [-0.25, -0.2) is 9.48 Å². The van der Waals surface area contributed by atoms with Crippen LogP contribution >= 0.6 is 0 Å². The number of rotatable bonds is 3. The molecule has 5 rings (SSSR count). The molecule has 2 N–H and O–H groups in total.